The zero-order valence-electron chi connectivity index (χ0n) is 5.81. The van der Waals surface area contributed by atoms with Gasteiger partial charge < -0.3 is 4.74 Å². The molecule has 0 saturated carbocycles. The van der Waals surface area contributed by atoms with E-state index in [1.807, 2.05) is 0 Å². The Morgan fingerprint density at radius 1 is 1.44 bits per heavy atom. The zero-order valence-corrected chi connectivity index (χ0v) is 5.81. The smallest absolute Gasteiger partial charge is 0.0710 e. The second-order valence-electron chi connectivity index (χ2n) is 2.31. The van der Waals surface area contributed by atoms with Gasteiger partial charge in [0.15, 0.2) is 0 Å². The molecular weight excluding hydrogens is 116 g/mol. The van der Waals surface area contributed by atoms with Crippen molar-refractivity contribution in [2.75, 3.05) is 20.2 Å². The van der Waals surface area contributed by atoms with Crippen LogP contribution < -0.4 is 10.9 Å². The molecule has 1 aliphatic heterocycles. The Hall–Kier alpha value is -0.120. The molecule has 1 rings (SSSR count). The maximum absolute atomic E-state index is 5.17. The highest BCUT2D eigenvalue weighted by Crippen LogP contribution is 2.00. The molecule has 3 heteroatoms. The van der Waals surface area contributed by atoms with Crippen molar-refractivity contribution in [3.63, 3.8) is 0 Å². The van der Waals surface area contributed by atoms with Crippen molar-refractivity contribution in [2.24, 2.45) is 0 Å². The summed E-state index contributed by atoms with van der Waals surface area (Å²) in [7, 11) is 1.76. The maximum Gasteiger partial charge on any atom is 0.0710 e. The van der Waals surface area contributed by atoms with E-state index in [2.05, 4.69) is 10.9 Å². The van der Waals surface area contributed by atoms with Gasteiger partial charge in [0.1, 0.15) is 0 Å². The normalized spacial score (nSPS) is 29.7. The molecule has 54 valence electrons. The Morgan fingerprint density at radius 3 is 3.11 bits per heavy atom. The summed E-state index contributed by atoms with van der Waals surface area (Å²) in [4.78, 5) is 0. The van der Waals surface area contributed by atoms with E-state index in [-0.39, 0.29) is 0 Å². The van der Waals surface area contributed by atoms with Gasteiger partial charge in [0.05, 0.1) is 6.10 Å². The monoisotopic (exact) mass is 130 g/mol. The third-order valence-electron chi connectivity index (χ3n) is 1.62. The predicted octanol–water partition coefficient (Wildman–Crippen LogP) is -0.111. The van der Waals surface area contributed by atoms with Crippen molar-refractivity contribution in [1.82, 2.24) is 10.9 Å². The molecule has 0 aromatic carbocycles. The Labute approximate surface area is 55.7 Å². The second kappa shape index (κ2) is 3.82. The molecule has 1 fully saturated rings. The van der Waals surface area contributed by atoms with Crippen LogP contribution in [0.15, 0.2) is 0 Å². The van der Waals surface area contributed by atoms with Gasteiger partial charge in [0, 0.05) is 20.2 Å². The third kappa shape index (κ3) is 2.30. The molecule has 0 aromatic heterocycles. The number of methoxy groups -OCH3 is 1. The molecule has 3 nitrogen and oxygen atoms in total. The van der Waals surface area contributed by atoms with E-state index in [0.717, 1.165) is 19.5 Å². The summed E-state index contributed by atoms with van der Waals surface area (Å²) in [6, 6.07) is 0. The lowest BCUT2D eigenvalue weighted by Crippen LogP contribution is -2.35. The Kier molecular flexibility index (Phi) is 2.97. The largest absolute Gasteiger partial charge is 0.380 e. The summed E-state index contributed by atoms with van der Waals surface area (Å²) in [6.07, 6.45) is 2.77. The quantitative estimate of drug-likeness (QED) is 0.519. The van der Waals surface area contributed by atoms with Crippen LogP contribution in [-0.4, -0.2) is 26.3 Å². The van der Waals surface area contributed by atoms with E-state index in [4.69, 9.17) is 4.74 Å². The number of hydrazine groups is 1. The van der Waals surface area contributed by atoms with Gasteiger partial charge in [0.2, 0.25) is 0 Å². The van der Waals surface area contributed by atoms with Crippen molar-refractivity contribution in [3.8, 4) is 0 Å². The van der Waals surface area contributed by atoms with Crippen molar-refractivity contribution >= 4 is 0 Å². The van der Waals surface area contributed by atoms with Crippen molar-refractivity contribution in [3.05, 3.63) is 0 Å². The molecule has 2 N–H and O–H groups in total. The van der Waals surface area contributed by atoms with E-state index in [9.17, 15) is 0 Å². The first-order valence-corrected chi connectivity index (χ1v) is 3.42. The molecule has 1 heterocycles. The molecule has 0 radical (unpaired) electrons. The molecule has 1 aliphatic rings. The van der Waals surface area contributed by atoms with Gasteiger partial charge in [-0.05, 0) is 12.8 Å². The van der Waals surface area contributed by atoms with Crippen molar-refractivity contribution < 1.29 is 4.74 Å². The van der Waals surface area contributed by atoms with Crippen LogP contribution in [0.5, 0.6) is 0 Å². The standard InChI is InChI=1S/C6H14N2O/c1-9-6-3-2-4-7-8-5-6/h6-8H,2-5H2,1H3. The van der Waals surface area contributed by atoms with Crippen LogP contribution in [0.25, 0.3) is 0 Å². The molecule has 0 aliphatic carbocycles. The molecule has 0 bridgehead atoms. The maximum atomic E-state index is 5.17. The minimum atomic E-state index is 0.403. The number of hydrogen-bond donors (Lipinski definition) is 2. The van der Waals surface area contributed by atoms with Gasteiger partial charge in [0.25, 0.3) is 0 Å². The van der Waals surface area contributed by atoms with E-state index in [0.29, 0.717) is 6.10 Å². The second-order valence-corrected chi connectivity index (χ2v) is 2.31. The van der Waals surface area contributed by atoms with E-state index >= 15 is 0 Å². The third-order valence-corrected chi connectivity index (χ3v) is 1.62. The first-order valence-electron chi connectivity index (χ1n) is 3.42. The van der Waals surface area contributed by atoms with Gasteiger partial charge in [-0.3, -0.25) is 10.9 Å². The number of hydrogen-bond acceptors (Lipinski definition) is 3. The van der Waals surface area contributed by atoms with E-state index < -0.39 is 0 Å². The van der Waals surface area contributed by atoms with Gasteiger partial charge in [-0.2, -0.15) is 0 Å². The summed E-state index contributed by atoms with van der Waals surface area (Å²) in [6.45, 7) is 1.98. The summed E-state index contributed by atoms with van der Waals surface area (Å²) in [5.74, 6) is 0. The van der Waals surface area contributed by atoms with Crippen LogP contribution in [0.3, 0.4) is 0 Å². The van der Waals surface area contributed by atoms with Crippen LogP contribution in [0.1, 0.15) is 12.8 Å². The number of ether oxygens (including phenoxy) is 1. The Morgan fingerprint density at radius 2 is 2.33 bits per heavy atom. The van der Waals surface area contributed by atoms with Crippen molar-refractivity contribution in [1.29, 1.82) is 0 Å². The minimum absolute atomic E-state index is 0.403. The van der Waals surface area contributed by atoms with Gasteiger partial charge in [-0.1, -0.05) is 0 Å². The summed E-state index contributed by atoms with van der Waals surface area (Å²) < 4.78 is 5.17. The van der Waals surface area contributed by atoms with E-state index in [1.165, 1.54) is 6.42 Å². The molecule has 0 aromatic rings. The summed E-state index contributed by atoms with van der Waals surface area (Å²) >= 11 is 0. The summed E-state index contributed by atoms with van der Waals surface area (Å²) in [5, 5.41) is 0. The van der Waals surface area contributed by atoms with Crippen LogP contribution in [-0.2, 0) is 4.74 Å². The van der Waals surface area contributed by atoms with Crippen molar-refractivity contribution in [2.45, 2.75) is 18.9 Å². The molecule has 1 unspecified atom stereocenters. The number of nitrogens with one attached hydrogen (secondary N) is 2. The topological polar surface area (TPSA) is 33.3 Å². The fraction of sp³-hybridized carbons (Fsp3) is 1.00. The molecule has 9 heavy (non-hydrogen) atoms. The lowest BCUT2D eigenvalue weighted by molar-refractivity contribution is 0.0980. The Bertz CT molecular complexity index is 69.5. The number of rotatable bonds is 1. The average Bonchev–Trinajstić information content (AvgIpc) is 2.13. The molecule has 0 spiro atoms. The van der Waals surface area contributed by atoms with Gasteiger partial charge in [-0.25, -0.2) is 0 Å². The van der Waals surface area contributed by atoms with Gasteiger partial charge in [-0.15, -0.1) is 0 Å². The fourth-order valence-corrected chi connectivity index (χ4v) is 0.996. The highest BCUT2D eigenvalue weighted by molar-refractivity contribution is 4.63. The highest BCUT2D eigenvalue weighted by atomic mass is 16.5. The van der Waals surface area contributed by atoms with Crippen LogP contribution >= 0.6 is 0 Å². The lowest BCUT2D eigenvalue weighted by atomic mass is 10.2. The van der Waals surface area contributed by atoms with E-state index in [1.54, 1.807) is 7.11 Å². The van der Waals surface area contributed by atoms with Gasteiger partial charge >= 0.3 is 0 Å². The summed E-state index contributed by atoms with van der Waals surface area (Å²) in [5.41, 5.74) is 6.15. The van der Waals surface area contributed by atoms with Crippen LogP contribution in [0.2, 0.25) is 0 Å². The average molecular weight is 130 g/mol. The Balaban J connectivity index is 2.18. The minimum Gasteiger partial charge on any atom is -0.380 e. The van der Waals surface area contributed by atoms with Crippen LogP contribution in [0.4, 0.5) is 0 Å². The molecule has 1 atom stereocenters. The van der Waals surface area contributed by atoms with Crippen LogP contribution in [0, 0.1) is 0 Å². The zero-order chi connectivity index (χ0) is 6.53. The first kappa shape index (κ1) is 6.99. The molecule has 0 amide bonds. The fourth-order valence-electron chi connectivity index (χ4n) is 0.996. The molecular formula is C6H14N2O. The molecule has 1 saturated heterocycles. The SMILES string of the molecule is COC1CCCNNC1. The first-order chi connectivity index (χ1) is 4.43. The lowest BCUT2D eigenvalue weighted by Gasteiger charge is -2.10. The highest BCUT2D eigenvalue weighted by Gasteiger charge is 2.08. The predicted molar refractivity (Wildman–Crippen MR) is 36.0 cm³/mol.